The zero-order valence-electron chi connectivity index (χ0n) is 16.6. The molecule has 0 saturated heterocycles. The Balaban J connectivity index is 1.65. The van der Waals surface area contributed by atoms with Crippen LogP contribution in [0.15, 0.2) is 84.9 Å². The number of benzene rings is 3. The molecule has 1 aromatic heterocycles. The first-order valence-electron chi connectivity index (χ1n) is 9.58. The van der Waals surface area contributed by atoms with Crippen molar-refractivity contribution in [2.75, 3.05) is 7.11 Å². The zero-order valence-corrected chi connectivity index (χ0v) is 17.4. The summed E-state index contributed by atoms with van der Waals surface area (Å²) in [6, 6.07) is 27.5. The molecular formula is C24H21N3O2S. The number of carbonyl (C=O) groups excluding carboxylic acids is 1. The standard InChI is InChI=1S/C24H21N3O2S/c1-29-21-14-12-20(13-15-21)22-23(30-26-25-22)24(28)27(16-18-8-4-2-5-9-18)17-19-10-6-3-7-11-19/h2-15H,16-17H2,1H3. The lowest BCUT2D eigenvalue weighted by Gasteiger charge is -2.22. The molecule has 0 unspecified atom stereocenters. The maximum atomic E-state index is 13.6. The van der Waals surface area contributed by atoms with Crippen LogP contribution in [0.3, 0.4) is 0 Å². The highest BCUT2D eigenvalue weighted by atomic mass is 32.1. The van der Waals surface area contributed by atoms with Crippen molar-refractivity contribution in [3.05, 3.63) is 101 Å². The van der Waals surface area contributed by atoms with E-state index in [-0.39, 0.29) is 5.91 Å². The van der Waals surface area contributed by atoms with Crippen LogP contribution in [0.25, 0.3) is 11.3 Å². The van der Waals surface area contributed by atoms with Gasteiger partial charge in [-0.25, -0.2) is 0 Å². The normalized spacial score (nSPS) is 10.6. The van der Waals surface area contributed by atoms with Crippen molar-refractivity contribution in [2.24, 2.45) is 0 Å². The molecule has 0 radical (unpaired) electrons. The van der Waals surface area contributed by atoms with Crippen LogP contribution in [-0.4, -0.2) is 27.5 Å². The summed E-state index contributed by atoms with van der Waals surface area (Å²) in [5, 5.41) is 4.24. The Morgan fingerprint density at radius 1 is 0.867 bits per heavy atom. The molecular weight excluding hydrogens is 394 g/mol. The lowest BCUT2D eigenvalue weighted by atomic mass is 10.1. The van der Waals surface area contributed by atoms with E-state index in [4.69, 9.17) is 4.74 Å². The molecule has 0 atom stereocenters. The summed E-state index contributed by atoms with van der Waals surface area (Å²) in [5.74, 6) is 0.674. The van der Waals surface area contributed by atoms with E-state index in [1.54, 1.807) is 7.11 Å². The highest BCUT2D eigenvalue weighted by molar-refractivity contribution is 7.08. The molecule has 0 bridgehead atoms. The summed E-state index contributed by atoms with van der Waals surface area (Å²) in [6.07, 6.45) is 0. The highest BCUT2D eigenvalue weighted by Gasteiger charge is 2.24. The highest BCUT2D eigenvalue weighted by Crippen LogP contribution is 2.28. The van der Waals surface area contributed by atoms with Gasteiger partial charge >= 0.3 is 0 Å². The van der Waals surface area contributed by atoms with E-state index >= 15 is 0 Å². The topological polar surface area (TPSA) is 55.3 Å². The number of rotatable bonds is 7. The predicted octanol–water partition coefficient (Wildman–Crippen LogP) is 5.06. The molecule has 150 valence electrons. The van der Waals surface area contributed by atoms with Gasteiger partial charge in [-0.05, 0) is 46.9 Å². The minimum absolute atomic E-state index is 0.0801. The summed E-state index contributed by atoms with van der Waals surface area (Å²) in [5.41, 5.74) is 3.58. The van der Waals surface area contributed by atoms with Crippen LogP contribution in [0, 0.1) is 0 Å². The Kier molecular flexibility index (Phi) is 6.15. The fourth-order valence-corrected chi connectivity index (χ4v) is 3.88. The van der Waals surface area contributed by atoms with Crippen LogP contribution in [0.5, 0.6) is 5.75 Å². The van der Waals surface area contributed by atoms with Crippen LogP contribution in [-0.2, 0) is 13.1 Å². The molecule has 0 aliphatic carbocycles. The molecule has 4 aromatic rings. The smallest absolute Gasteiger partial charge is 0.268 e. The average molecular weight is 416 g/mol. The fraction of sp³-hybridized carbons (Fsp3) is 0.125. The van der Waals surface area contributed by atoms with Gasteiger partial charge in [0.05, 0.1) is 7.11 Å². The Morgan fingerprint density at radius 3 is 1.97 bits per heavy atom. The Bertz CT molecular complexity index is 1050. The maximum Gasteiger partial charge on any atom is 0.268 e. The predicted molar refractivity (Wildman–Crippen MR) is 118 cm³/mol. The molecule has 6 heteroatoms. The molecule has 0 aliphatic rings. The Morgan fingerprint density at radius 2 is 1.43 bits per heavy atom. The zero-order chi connectivity index (χ0) is 20.8. The van der Waals surface area contributed by atoms with Gasteiger partial charge in [-0.3, -0.25) is 4.79 Å². The molecule has 4 rings (SSSR count). The van der Waals surface area contributed by atoms with Crippen molar-refractivity contribution in [2.45, 2.75) is 13.1 Å². The van der Waals surface area contributed by atoms with Crippen molar-refractivity contribution in [1.82, 2.24) is 14.5 Å². The maximum absolute atomic E-state index is 13.6. The number of amides is 1. The van der Waals surface area contributed by atoms with Crippen molar-refractivity contribution >= 4 is 17.4 Å². The van der Waals surface area contributed by atoms with Crippen molar-refractivity contribution in [3.8, 4) is 17.0 Å². The number of hydrogen-bond acceptors (Lipinski definition) is 5. The van der Waals surface area contributed by atoms with Gasteiger partial charge in [0.1, 0.15) is 16.3 Å². The SMILES string of the molecule is COc1ccc(-c2nnsc2C(=O)N(Cc2ccccc2)Cc2ccccc2)cc1. The molecule has 0 saturated carbocycles. The van der Waals surface area contributed by atoms with E-state index < -0.39 is 0 Å². The van der Waals surface area contributed by atoms with Gasteiger partial charge in [0.25, 0.3) is 5.91 Å². The molecule has 0 aliphatic heterocycles. The van der Waals surface area contributed by atoms with Crippen molar-refractivity contribution in [1.29, 1.82) is 0 Å². The number of ether oxygens (including phenoxy) is 1. The van der Waals surface area contributed by atoms with E-state index in [0.717, 1.165) is 34.0 Å². The molecule has 1 heterocycles. The molecule has 0 N–H and O–H groups in total. The largest absolute Gasteiger partial charge is 0.497 e. The summed E-state index contributed by atoms with van der Waals surface area (Å²) >= 11 is 1.13. The molecule has 1 amide bonds. The van der Waals surface area contributed by atoms with Gasteiger partial charge in [-0.15, -0.1) is 5.10 Å². The summed E-state index contributed by atoms with van der Waals surface area (Å²) < 4.78 is 9.30. The van der Waals surface area contributed by atoms with E-state index in [2.05, 4.69) is 9.59 Å². The van der Waals surface area contributed by atoms with Crippen LogP contribution < -0.4 is 4.74 Å². The number of carbonyl (C=O) groups is 1. The van der Waals surface area contributed by atoms with Crippen LogP contribution in [0.2, 0.25) is 0 Å². The number of hydrogen-bond donors (Lipinski definition) is 0. The van der Waals surface area contributed by atoms with Crippen molar-refractivity contribution in [3.63, 3.8) is 0 Å². The van der Waals surface area contributed by atoms with Crippen LogP contribution in [0.4, 0.5) is 0 Å². The van der Waals surface area contributed by atoms with Gasteiger partial charge in [-0.2, -0.15) is 0 Å². The molecule has 5 nitrogen and oxygen atoms in total. The van der Waals surface area contributed by atoms with Gasteiger partial charge in [0.2, 0.25) is 0 Å². The molecule has 0 spiro atoms. The van der Waals surface area contributed by atoms with Crippen molar-refractivity contribution < 1.29 is 9.53 Å². The van der Waals surface area contributed by atoms with E-state index in [1.165, 1.54) is 0 Å². The Labute approximate surface area is 179 Å². The number of nitrogens with zero attached hydrogens (tertiary/aromatic N) is 3. The van der Waals surface area contributed by atoms with E-state index in [1.807, 2.05) is 89.8 Å². The molecule has 0 fully saturated rings. The summed E-state index contributed by atoms with van der Waals surface area (Å²) in [4.78, 5) is 15.9. The third kappa shape index (κ3) is 4.55. The first kappa shape index (κ1) is 19.8. The number of aromatic nitrogens is 2. The van der Waals surface area contributed by atoms with E-state index in [0.29, 0.717) is 23.7 Å². The molecule has 30 heavy (non-hydrogen) atoms. The monoisotopic (exact) mass is 415 g/mol. The van der Waals surface area contributed by atoms with Crippen LogP contribution in [0.1, 0.15) is 20.8 Å². The second-order valence-corrected chi connectivity index (χ2v) is 7.57. The minimum Gasteiger partial charge on any atom is -0.497 e. The Hall–Kier alpha value is -3.51. The second kappa shape index (κ2) is 9.33. The minimum atomic E-state index is -0.0801. The lowest BCUT2D eigenvalue weighted by molar-refractivity contribution is 0.0735. The van der Waals surface area contributed by atoms with E-state index in [9.17, 15) is 4.79 Å². The second-order valence-electron chi connectivity index (χ2n) is 6.81. The first-order chi connectivity index (χ1) is 14.7. The third-order valence-corrected chi connectivity index (χ3v) is 5.48. The average Bonchev–Trinajstić information content (AvgIpc) is 3.29. The van der Waals surface area contributed by atoms with Gasteiger partial charge in [-0.1, -0.05) is 65.2 Å². The van der Waals surface area contributed by atoms with Gasteiger partial charge in [0, 0.05) is 18.7 Å². The quantitative estimate of drug-likeness (QED) is 0.424. The number of methoxy groups -OCH3 is 1. The van der Waals surface area contributed by atoms with Gasteiger partial charge < -0.3 is 9.64 Å². The molecule has 3 aromatic carbocycles. The first-order valence-corrected chi connectivity index (χ1v) is 10.4. The summed E-state index contributed by atoms with van der Waals surface area (Å²) in [6.45, 7) is 1.02. The fourth-order valence-electron chi connectivity index (χ4n) is 3.22. The summed E-state index contributed by atoms with van der Waals surface area (Å²) in [7, 11) is 1.62. The van der Waals surface area contributed by atoms with Crippen LogP contribution >= 0.6 is 11.5 Å². The van der Waals surface area contributed by atoms with Gasteiger partial charge in [0.15, 0.2) is 0 Å². The lowest BCUT2D eigenvalue weighted by Crippen LogP contribution is -2.30. The third-order valence-electron chi connectivity index (χ3n) is 4.77.